The predicted octanol–water partition coefficient (Wildman–Crippen LogP) is 2.39. The van der Waals surface area contributed by atoms with E-state index in [4.69, 9.17) is 11.6 Å². The van der Waals surface area contributed by atoms with E-state index in [0.29, 0.717) is 5.69 Å². The summed E-state index contributed by atoms with van der Waals surface area (Å²) in [6, 6.07) is 9.83. The van der Waals surface area contributed by atoms with Gasteiger partial charge in [-0.05, 0) is 24.0 Å². The molecule has 18 heavy (non-hydrogen) atoms. The number of H-pyrrole nitrogens is 1. The number of halogens is 1. The fourth-order valence-corrected chi connectivity index (χ4v) is 2.68. The van der Waals surface area contributed by atoms with E-state index in [0.717, 1.165) is 18.7 Å². The average molecular weight is 261 g/mol. The van der Waals surface area contributed by atoms with Gasteiger partial charge in [0.1, 0.15) is 5.82 Å². The fourth-order valence-electron chi connectivity index (χ4n) is 2.54. The zero-order valence-electron chi connectivity index (χ0n) is 9.82. The standard InChI is InChI=1S/C14H13ClN2O/c15-8-12-7-13(18)17-14(16-12)11-5-9-3-1-2-4-10(9)6-11/h1-4,7,11H,5-6,8H2,(H,16,17,18). The second-order valence-electron chi connectivity index (χ2n) is 4.63. The number of rotatable bonds is 2. The van der Waals surface area contributed by atoms with Gasteiger partial charge in [0.15, 0.2) is 0 Å². The Bertz CT molecular complexity index is 611. The third kappa shape index (κ3) is 2.06. The second-order valence-corrected chi connectivity index (χ2v) is 4.90. The van der Waals surface area contributed by atoms with Crippen LogP contribution in [0.25, 0.3) is 0 Å². The van der Waals surface area contributed by atoms with Crippen LogP contribution in [0.2, 0.25) is 0 Å². The number of aromatic nitrogens is 2. The van der Waals surface area contributed by atoms with Gasteiger partial charge in [-0.3, -0.25) is 4.79 Å². The molecule has 0 amide bonds. The van der Waals surface area contributed by atoms with E-state index in [1.165, 1.54) is 17.2 Å². The third-order valence-electron chi connectivity index (χ3n) is 3.39. The number of nitrogens with zero attached hydrogens (tertiary/aromatic N) is 1. The lowest BCUT2D eigenvalue weighted by Gasteiger charge is -2.08. The minimum absolute atomic E-state index is 0.119. The molecule has 2 aromatic rings. The van der Waals surface area contributed by atoms with Gasteiger partial charge in [-0.1, -0.05) is 24.3 Å². The van der Waals surface area contributed by atoms with Crippen molar-refractivity contribution in [1.82, 2.24) is 9.97 Å². The van der Waals surface area contributed by atoms with E-state index in [2.05, 4.69) is 22.1 Å². The van der Waals surface area contributed by atoms with Crippen LogP contribution in [0.3, 0.4) is 0 Å². The SMILES string of the molecule is O=c1cc(CCl)nc(C2Cc3ccccc3C2)[nH]1. The molecule has 0 fully saturated rings. The molecule has 1 aromatic heterocycles. The Labute approximate surface area is 110 Å². The quantitative estimate of drug-likeness (QED) is 0.843. The van der Waals surface area contributed by atoms with Crippen LogP contribution in [0, 0.1) is 0 Å². The number of nitrogens with one attached hydrogen (secondary N) is 1. The van der Waals surface area contributed by atoms with Gasteiger partial charge >= 0.3 is 0 Å². The Balaban J connectivity index is 1.95. The number of hydrogen-bond donors (Lipinski definition) is 1. The molecule has 92 valence electrons. The van der Waals surface area contributed by atoms with Gasteiger partial charge in [-0.15, -0.1) is 11.6 Å². The van der Waals surface area contributed by atoms with Gasteiger partial charge < -0.3 is 4.98 Å². The van der Waals surface area contributed by atoms with E-state index in [1.54, 1.807) is 0 Å². The molecule has 0 saturated heterocycles. The summed E-state index contributed by atoms with van der Waals surface area (Å²) in [6.45, 7) is 0. The molecule has 1 aliphatic rings. The topological polar surface area (TPSA) is 45.8 Å². The molecular weight excluding hydrogens is 248 g/mol. The fraction of sp³-hybridized carbons (Fsp3) is 0.286. The molecule has 3 rings (SSSR count). The highest BCUT2D eigenvalue weighted by molar-refractivity contribution is 6.16. The molecule has 4 heteroatoms. The molecule has 1 N–H and O–H groups in total. The molecule has 0 aliphatic heterocycles. The third-order valence-corrected chi connectivity index (χ3v) is 3.66. The summed E-state index contributed by atoms with van der Waals surface area (Å²) >= 11 is 5.75. The van der Waals surface area contributed by atoms with Crippen LogP contribution in [-0.4, -0.2) is 9.97 Å². The lowest BCUT2D eigenvalue weighted by atomic mass is 10.1. The highest BCUT2D eigenvalue weighted by Gasteiger charge is 2.24. The number of hydrogen-bond acceptors (Lipinski definition) is 2. The van der Waals surface area contributed by atoms with Crippen LogP contribution in [0.4, 0.5) is 0 Å². The molecule has 0 saturated carbocycles. The second kappa shape index (κ2) is 4.58. The zero-order chi connectivity index (χ0) is 12.5. The average Bonchev–Trinajstić information content (AvgIpc) is 2.81. The molecule has 0 atom stereocenters. The van der Waals surface area contributed by atoms with Gasteiger partial charge in [-0.2, -0.15) is 0 Å². The first-order valence-electron chi connectivity index (χ1n) is 5.99. The Morgan fingerprint density at radius 2 is 1.94 bits per heavy atom. The molecule has 0 unspecified atom stereocenters. The first-order valence-corrected chi connectivity index (χ1v) is 6.52. The maximum Gasteiger partial charge on any atom is 0.251 e. The molecule has 0 radical (unpaired) electrons. The summed E-state index contributed by atoms with van der Waals surface area (Å²) in [5.41, 5.74) is 3.22. The number of alkyl halides is 1. The van der Waals surface area contributed by atoms with E-state index < -0.39 is 0 Å². The van der Waals surface area contributed by atoms with Gasteiger partial charge in [-0.25, -0.2) is 4.98 Å². The van der Waals surface area contributed by atoms with Crippen molar-refractivity contribution in [2.45, 2.75) is 24.6 Å². The van der Waals surface area contributed by atoms with E-state index in [9.17, 15) is 4.79 Å². The van der Waals surface area contributed by atoms with E-state index >= 15 is 0 Å². The summed E-state index contributed by atoms with van der Waals surface area (Å²) in [6.07, 6.45) is 1.87. The summed E-state index contributed by atoms with van der Waals surface area (Å²) in [7, 11) is 0. The van der Waals surface area contributed by atoms with E-state index in [-0.39, 0.29) is 17.4 Å². The highest BCUT2D eigenvalue weighted by atomic mass is 35.5. The van der Waals surface area contributed by atoms with Gasteiger partial charge in [0.2, 0.25) is 0 Å². The summed E-state index contributed by atoms with van der Waals surface area (Å²) in [5.74, 6) is 1.30. The molecule has 1 heterocycles. The molecular formula is C14H13ClN2O. The van der Waals surface area contributed by atoms with Gasteiger partial charge in [0.25, 0.3) is 5.56 Å². The maximum atomic E-state index is 11.5. The summed E-state index contributed by atoms with van der Waals surface area (Å²) in [4.78, 5) is 18.8. The van der Waals surface area contributed by atoms with Crippen molar-refractivity contribution in [1.29, 1.82) is 0 Å². The lowest BCUT2D eigenvalue weighted by molar-refractivity contribution is 0.672. The molecule has 1 aromatic carbocycles. The first kappa shape index (κ1) is 11.5. The van der Waals surface area contributed by atoms with Crippen molar-refractivity contribution in [3.8, 4) is 0 Å². The maximum absolute atomic E-state index is 11.5. The largest absolute Gasteiger partial charge is 0.310 e. The molecule has 3 nitrogen and oxygen atoms in total. The van der Waals surface area contributed by atoms with Crippen molar-refractivity contribution < 1.29 is 0 Å². The van der Waals surface area contributed by atoms with Crippen molar-refractivity contribution in [3.05, 3.63) is 63.3 Å². The molecule has 0 spiro atoms. The minimum atomic E-state index is -0.119. The smallest absolute Gasteiger partial charge is 0.251 e. The Hall–Kier alpha value is -1.61. The normalized spacial score (nSPS) is 14.7. The van der Waals surface area contributed by atoms with Crippen LogP contribution in [-0.2, 0) is 18.7 Å². The number of benzene rings is 1. The minimum Gasteiger partial charge on any atom is -0.310 e. The van der Waals surface area contributed by atoms with Crippen molar-refractivity contribution in [3.63, 3.8) is 0 Å². The summed E-state index contributed by atoms with van der Waals surface area (Å²) in [5, 5.41) is 0. The van der Waals surface area contributed by atoms with Crippen LogP contribution in [0.5, 0.6) is 0 Å². The first-order chi connectivity index (χ1) is 8.76. The highest BCUT2D eigenvalue weighted by Crippen LogP contribution is 2.31. The van der Waals surface area contributed by atoms with Crippen molar-refractivity contribution in [2.75, 3.05) is 0 Å². The monoisotopic (exact) mass is 260 g/mol. The number of fused-ring (bicyclic) bond motifs is 1. The van der Waals surface area contributed by atoms with Crippen molar-refractivity contribution >= 4 is 11.6 Å². The molecule has 0 bridgehead atoms. The van der Waals surface area contributed by atoms with Crippen LogP contribution < -0.4 is 5.56 Å². The Morgan fingerprint density at radius 3 is 2.56 bits per heavy atom. The lowest BCUT2D eigenvalue weighted by Crippen LogP contribution is -2.15. The van der Waals surface area contributed by atoms with Gasteiger partial charge in [0, 0.05) is 12.0 Å². The van der Waals surface area contributed by atoms with E-state index in [1.807, 2.05) is 12.1 Å². The Kier molecular flexibility index (Phi) is 2.92. The Morgan fingerprint density at radius 1 is 1.28 bits per heavy atom. The number of aromatic amines is 1. The van der Waals surface area contributed by atoms with Crippen molar-refractivity contribution in [2.24, 2.45) is 0 Å². The van der Waals surface area contributed by atoms with Crippen LogP contribution in [0.15, 0.2) is 35.1 Å². The van der Waals surface area contributed by atoms with Crippen LogP contribution in [0.1, 0.15) is 28.6 Å². The van der Waals surface area contributed by atoms with Crippen LogP contribution >= 0.6 is 11.6 Å². The van der Waals surface area contributed by atoms with Gasteiger partial charge in [0.05, 0.1) is 11.6 Å². The molecule has 1 aliphatic carbocycles. The summed E-state index contributed by atoms with van der Waals surface area (Å²) < 4.78 is 0. The zero-order valence-corrected chi connectivity index (χ0v) is 10.6. The predicted molar refractivity (Wildman–Crippen MR) is 71.0 cm³/mol.